The predicted molar refractivity (Wildman–Crippen MR) is 71.9 cm³/mol. The molecular formula is C14H20N2O2. The van der Waals surface area contributed by atoms with Gasteiger partial charge in [0.2, 0.25) is 0 Å². The summed E-state index contributed by atoms with van der Waals surface area (Å²) >= 11 is 0. The predicted octanol–water partition coefficient (Wildman–Crippen LogP) is 1.55. The molecule has 2 rings (SSSR count). The molecular weight excluding hydrogens is 228 g/mol. The molecule has 0 bridgehead atoms. The normalized spacial score (nSPS) is 15.4. The molecule has 0 radical (unpaired) electrons. The van der Waals surface area contributed by atoms with Crippen molar-refractivity contribution in [2.75, 3.05) is 18.5 Å². The van der Waals surface area contributed by atoms with E-state index in [1.807, 2.05) is 25.1 Å². The van der Waals surface area contributed by atoms with Gasteiger partial charge >= 0.3 is 0 Å². The van der Waals surface area contributed by atoms with E-state index in [0.717, 1.165) is 42.6 Å². The van der Waals surface area contributed by atoms with E-state index >= 15 is 0 Å². The van der Waals surface area contributed by atoms with E-state index in [1.165, 1.54) is 0 Å². The van der Waals surface area contributed by atoms with Crippen molar-refractivity contribution < 1.29 is 9.90 Å². The molecule has 98 valence electrons. The summed E-state index contributed by atoms with van der Waals surface area (Å²) in [5, 5.41) is 15.3. The lowest BCUT2D eigenvalue weighted by Gasteiger charge is -2.21. The first-order chi connectivity index (χ1) is 8.76. The summed E-state index contributed by atoms with van der Waals surface area (Å²) in [4.78, 5) is 12.2. The zero-order valence-corrected chi connectivity index (χ0v) is 10.7. The second kappa shape index (κ2) is 5.87. The van der Waals surface area contributed by atoms with Gasteiger partial charge in [0.25, 0.3) is 5.91 Å². The van der Waals surface area contributed by atoms with Gasteiger partial charge in [0, 0.05) is 17.8 Å². The van der Waals surface area contributed by atoms with Crippen LogP contribution in [0.4, 0.5) is 5.69 Å². The summed E-state index contributed by atoms with van der Waals surface area (Å²) in [5.74, 6) is -0.0866. The van der Waals surface area contributed by atoms with Gasteiger partial charge in [-0.1, -0.05) is 13.0 Å². The summed E-state index contributed by atoms with van der Waals surface area (Å²) in [6.45, 7) is 2.89. The molecule has 1 amide bonds. The number of hydrogen-bond acceptors (Lipinski definition) is 3. The molecule has 1 atom stereocenters. The number of nitrogens with one attached hydrogen (secondary N) is 2. The molecule has 4 nitrogen and oxygen atoms in total. The first-order valence-electron chi connectivity index (χ1n) is 6.53. The van der Waals surface area contributed by atoms with Gasteiger partial charge in [-0.05, 0) is 37.0 Å². The Morgan fingerprint density at radius 3 is 3.11 bits per heavy atom. The number of anilines is 1. The molecule has 0 saturated carbocycles. The Labute approximate surface area is 107 Å². The van der Waals surface area contributed by atoms with Crippen LogP contribution in [0.5, 0.6) is 0 Å². The van der Waals surface area contributed by atoms with Crippen LogP contribution in [0.25, 0.3) is 0 Å². The van der Waals surface area contributed by atoms with Crippen LogP contribution < -0.4 is 10.6 Å². The van der Waals surface area contributed by atoms with Crippen molar-refractivity contribution in [2.45, 2.75) is 32.2 Å². The second-order valence-corrected chi connectivity index (χ2v) is 4.62. The minimum atomic E-state index is -0.162. The molecule has 1 aromatic carbocycles. The number of benzene rings is 1. The minimum absolute atomic E-state index is 0.0183. The van der Waals surface area contributed by atoms with Crippen molar-refractivity contribution in [3.05, 3.63) is 29.3 Å². The molecule has 0 spiro atoms. The largest absolute Gasteiger partial charge is 0.394 e. The Balaban J connectivity index is 2.20. The third-order valence-electron chi connectivity index (χ3n) is 3.39. The molecule has 1 heterocycles. The zero-order chi connectivity index (χ0) is 13.0. The van der Waals surface area contributed by atoms with Crippen molar-refractivity contribution in [1.29, 1.82) is 0 Å². The lowest BCUT2D eigenvalue weighted by molar-refractivity contribution is 0.0914. The monoisotopic (exact) mass is 248 g/mol. The van der Waals surface area contributed by atoms with E-state index in [1.54, 1.807) is 0 Å². The lowest BCUT2D eigenvalue weighted by Crippen LogP contribution is -2.37. The third-order valence-corrected chi connectivity index (χ3v) is 3.39. The van der Waals surface area contributed by atoms with E-state index in [9.17, 15) is 4.79 Å². The quantitative estimate of drug-likeness (QED) is 0.757. The van der Waals surface area contributed by atoms with Gasteiger partial charge in [-0.3, -0.25) is 4.79 Å². The van der Waals surface area contributed by atoms with Gasteiger partial charge < -0.3 is 15.7 Å². The fraction of sp³-hybridized carbons (Fsp3) is 0.500. The molecule has 1 aliphatic heterocycles. The summed E-state index contributed by atoms with van der Waals surface area (Å²) in [5.41, 5.74) is 2.88. The van der Waals surface area contributed by atoms with Crippen LogP contribution >= 0.6 is 0 Å². The average molecular weight is 248 g/mol. The van der Waals surface area contributed by atoms with Crippen LogP contribution in [-0.4, -0.2) is 30.2 Å². The van der Waals surface area contributed by atoms with E-state index in [2.05, 4.69) is 10.6 Å². The van der Waals surface area contributed by atoms with Gasteiger partial charge in [-0.2, -0.15) is 0 Å². The van der Waals surface area contributed by atoms with Gasteiger partial charge in [0.1, 0.15) is 0 Å². The van der Waals surface area contributed by atoms with Crippen molar-refractivity contribution in [3.8, 4) is 0 Å². The van der Waals surface area contributed by atoms with Crippen LogP contribution in [0.3, 0.4) is 0 Å². The van der Waals surface area contributed by atoms with Gasteiger partial charge in [-0.25, -0.2) is 0 Å². The molecule has 0 aromatic heterocycles. The molecule has 4 heteroatoms. The van der Waals surface area contributed by atoms with Gasteiger partial charge in [0.05, 0.1) is 12.6 Å². The number of hydrogen-bond donors (Lipinski definition) is 3. The van der Waals surface area contributed by atoms with Crippen LogP contribution in [0.1, 0.15) is 35.7 Å². The van der Waals surface area contributed by atoms with Crippen LogP contribution in [0.15, 0.2) is 18.2 Å². The highest BCUT2D eigenvalue weighted by molar-refractivity contribution is 5.97. The summed E-state index contributed by atoms with van der Waals surface area (Å²) in [7, 11) is 0. The first kappa shape index (κ1) is 12.9. The highest BCUT2D eigenvalue weighted by Gasteiger charge is 2.18. The van der Waals surface area contributed by atoms with Crippen molar-refractivity contribution in [1.82, 2.24) is 5.32 Å². The SMILES string of the molecule is CCC(CO)NC(=O)c1cccc2c1CCCN2. The molecule has 1 aromatic rings. The minimum Gasteiger partial charge on any atom is -0.394 e. The summed E-state index contributed by atoms with van der Waals surface area (Å²) < 4.78 is 0. The number of aliphatic hydroxyl groups excluding tert-OH is 1. The van der Waals surface area contributed by atoms with Crippen molar-refractivity contribution in [3.63, 3.8) is 0 Å². The molecule has 18 heavy (non-hydrogen) atoms. The Morgan fingerprint density at radius 1 is 1.56 bits per heavy atom. The lowest BCUT2D eigenvalue weighted by atomic mass is 9.97. The fourth-order valence-corrected chi connectivity index (χ4v) is 2.26. The Kier molecular flexibility index (Phi) is 4.20. The van der Waals surface area contributed by atoms with Crippen LogP contribution in [0, 0.1) is 0 Å². The van der Waals surface area contributed by atoms with E-state index in [4.69, 9.17) is 5.11 Å². The van der Waals surface area contributed by atoms with Gasteiger partial charge in [0.15, 0.2) is 0 Å². The molecule has 1 aliphatic rings. The van der Waals surface area contributed by atoms with Crippen molar-refractivity contribution in [2.24, 2.45) is 0 Å². The highest BCUT2D eigenvalue weighted by Crippen LogP contribution is 2.25. The Morgan fingerprint density at radius 2 is 2.39 bits per heavy atom. The third kappa shape index (κ3) is 2.64. The molecule has 0 saturated heterocycles. The number of aliphatic hydroxyl groups is 1. The smallest absolute Gasteiger partial charge is 0.251 e. The number of carbonyl (C=O) groups is 1. The molecule has 0 aliphatic carbocycles. The van der Waals surface area contributed by atoms with Crippen LogP contribution in [-0.2, 0) is 6.42 Å². The second-order valence-electron chi connectivity index (χ2n) is 4.62. The maximum Gasteiger partial charge on any atom is 0.251 e. The summed E-state index contributed by atoms with van der Waals surface area (Å²) in [6, 6.07) is 5.59. The Bertz CT molecular complexity index is 428. The number of fused-ring (bicyclic) bond motifs is 1. The molecule has 0 fully saturated rings. The average Bonchev–Trinajstić information content (AvgIpc) is 2.43. The molecule has 3 N–H and O–H groups in total. The topological polar surface area (TPSA) is 61.4 Å². The number of carbonyl (C=O) groups excluding carboxylic acids is 1. The van der Waals surface area contributed by atoms with E-state index in [-0.39, 0.29) is 18.6 Å². The Hall–Kier alpha value is -1.55. The highest BCUT2D eigenvalue weighted by atomic mass is 16.3. The molecule has 1 unspecified atom stereocenters. The van der Waals surface area contributed by atoms with Gasteiger partial charge in [-0.15, -0.1) is 0 Å². The van der Waals surface area contributed by atoms with E-state index in [0.29, 0.717) is 0 Å². The summed E-state index contributed by atoms with van der Waals surface area (Å²) in [6.07, 6.45) is 2.71. The number of rotatable bonds is 4. The standard InChI is InChI=1S/C14H20N2O2/c1-2-10(9-17)16-14(18)12-5-3-7-13-11(12)6-4-8-15-13/h3,5,7,10,15,17H,2,4,6,8-9H2,1H3,(H,16,18). The van der Waals surface area contributed by atoms with E-state index < -0.39 is 0 Å². The zero-order valence-electron chi connectivity index (χ0n) is 10.7. The fourth-order valence-electron chi connectivity index (χ4n) is 2.26. The first-order valence-corrected chi connectivity index (χ1v) is 6.53. The maximum atomic E-state index is 12.2. The van der Waals surface area contributed by atoms with Crippen molar-refractivity contribution >= 4 is 11.6 Å². The number of amides is 1. The van der Waals surface area contributed by atoms with Crippen LogP contribution in [0.2, 0.25) is 0 Å². The maximum absolute atomic E-state index is 12.2.